The Morgan fingerprint density at radius 1 is 0.650 bits per heavy atom. The second-order valence-corrected chi connectivity index (χ2v) is 7.74. The summed E-state index contributed by atoms with van der Waals surface area (Å²) in [5, 5.41) is 0. The lowest BCUT2D eigenvalue weighted by Gasteiger charge is -2.05. The van der Waals surface area contributed by atoms with Crippen molar-refractivity contribution in [2.75, 3.05) is 5.88 Å². The van der Waals surface area contributed by atoms with Crippen LogP contribution in [-0.4, -0.2) is 10.7 Å². The Bertz CT molecular complexity index is 173. The highest BCUT2D eigenvalue weighted by Gasteiger charge is 2.00. The van der Waals surface area contributed by atoms with Gasteiger partial charge in [-0.15, -0.1) is 11.6 Å². The van der Waals surface area contributed by atoms with E-state index in [2.05, 4.69) is 22.9 Å². The van der Waals surface area contributed by atoms with E-state index < -0.39 is 0 Å². The first kappa shape index (κ1) is 20.8. The van der Waals surface area contributed by atoms with E-state index in [9.17, 15) is 0 Å². The van der Waals surface area contributed by atoms with Crippen LogP contribution < -0.4 is 0 Å². The highest BCUT2D eigenvalue weighted by atomic mass is 79.9. The maximum absolute atomic E-state index is 5.76. The van der Waals surface area contributed by atoms with Crippen molar-refractivity contribution in [1.82, 2.24) is 0 Å². The van der Waals surface area contributed by atoms with Gasteiger partial charge in [0.15, 0.2) is 0 Å². The molecule has 2 heteroatoms. The lowest BCUT2D eigenvalue weighted by Crippen LogP contribution is -1.98. The zero-order chi connectivity index (χ0) is 14.9. The van der Waals surface area contributed by atoms with Gasteiger partial charge >= 0.3 is 0 Å². The molecule has 0 aliphatic rings. The molecule has 0 saturated heterocycles. The molecule has 0 aliphatic carbocycles. The van der Waals surface area contributed by atoms with Crippen LogP contribution in [0.5, 0.6) is 0 Å². The molecule has 0 radical (unpaired) electrons. The van der Waals surface area contributed by atoms with Gasteiger partial charge in [-0.1, -0.05) is 113 Å². The normalized spacial score (nSPS) is 12.8. The summed E-state index contributed by atoms with van der Waals surface area (Å²) in [6.07, 6.45) is 21.3. The first-order chi connectivity index (χ1) is 9.81. The van der Waals surface area contributed by atoms with Gasteiger partial charge in [-0.2, -0.15) is 0 Å². The summed E-state index contributed by atoms with van der Waals surface area (Å²) in [5.41, 5.74) is 0. The van der Waals surface area contributed by atoms with E-state index in [-0.39, 0.29) is 0 Å². The molecule has 0 aromatic carbocycles. The van der Waals surface area contributed by atoms with Crippen molar-refractivity contribution in [3.8, 4) is 0 Å². The van der Waals surface area contributed by atoms with Crippen molar-refractivity contribution in [3.63, 3.8) is 0 Å². The van der Waals surface area contributed by atoms with Gasteiger partial charge in [0.25, 0.3) is 0 Å². The quantitative estimate of drug-likeness (QED) is 0.192. The third-order valence-corrected chi connectivity index (χ3v) is 5.57. The molecule has 20 heavy (non-hydrogen) atoms. The Labute approximate surface area is 141 Å². The molecule has 0 nitrogen and oxygen atoms in total. The maximum atomic E-state index is 5.76. The van der Waals surface area contributed by atoms with Crippen LogP contribution in [0.1, 0.15) is 103 Å². The Hall–Kier alpha value is 0.770. The van der Waals surface area contributed by atoms with Crippen LogP contribution >= 0.6 is 27.5 Å². The average Bonchev–Trinajstić information content (AvgIpc) is 2.47. The van der Waals surface area contributed by atoms with Gasteiger partial charge in [0.2, 0.25) is 0 Å². The largest absolute Gasteiger partial charge is 0.126 e. The zero-order valence-corrected chi connectivity index (χ0v) is 16.0. The minimum Gasteiger partial charge on any atom is -0.126 e. The van der Waals surface area contributed by atoms with Gasteiger partial charge in [-0.05, 0) is 6.42 Å². The van der Waals surface area contributed by atoms with Gasteiger partial charge in [0.05, 0.1) is 0 Å². The van der Waals surface area contributed by atoms with Crippen molar-refractivity contribution in [1.29, 1.82) is 0 Å². The predicted molar refractivity (Wildman–Crippen MR) is 98.4 cm³/mol. The molecular weight excluding hydrogens is 332 g/mol. The van der Waals surface area contributed by atoms with Crippen molar-refractivity contribution < 1.29 is 0 Å². The highest BCUT2D eigenvalue weighted by molar-refractivity contribution is 9.09. The van der Waals surface area contributed by atoms with Crippen LogP contribution in [0.3, 0.4) is 0 Å². The molecule has 0 aromatic heterocycles. The van der Waals surface area contributed by atoms with E-state index in [4.69, 9.17) is 11.6 Å². The van der Waals surface area contributed by atoms with E-state index >= 15 is 0 Å². The fourth-order valence-electron chi connectivity index (χ4n) is 2.64. The van der Waals surface area contributed by atoms with Crippen LogP contribution in [0, 0.1) is 0 Å². The van der Waals surface area contributed by atoms with Crippen molar-refractivity contribution in [3.05, 3.63) is 0 Å². The summed E-state index contributed by atoms with van der Waals surface area (Å²) < 4.78 is 0. The van der Waals surface area contributed by atoms with Gasteiger partial charge in [-0.25, -0.2) is 0 Å². The molecule has 0 bridgehead atoms. The molecule has 0 heterocycles. The van der Waals surface area contributed by atoms with Gasteiger partial charge in [0, 0.05) is 10.7 Å². The second-order valence-electron chi connectivity index (χ2n) is 6.14. The van der Waals surface area contributed by atoms with E-state index in [0.29, 0.717) is 4.83 Å². The number of hydrogen-bond acceptors (Lipinski definition) is 0. The third-order valence-electron chi connectivity index (χ3n) is 4.04. The molecule has 0 N–H and O–H groups in total. The predicted octanol–water partition coefficient (Wildman–Crippen LogP) is 7.86. The van der Waals surface area contributed by atoms with Crippen LogP contribution in [0.4, 0.5) is 0 Å². The summed E-state index contributed by atoms with van der Waals surface area (Å²) in [4.78, 5) is 0.529. The van der Waals surface area contributed by atoms with Gasteiger partial charge in [-0.3, -0.25) is 0 Å². The zero-order valence-electron chi connectivity index (χ0n) is 13.6. The second kappa shape index (κ2) is 17.8. The van der Waals surface area contributed by atoms with E-state index in [1.165, 1.54) is 96.3 Å². The number of rotatable bonds is 16. The number of unbranched alkanes of at least 4 members (excludes halogenated alkanes) is 13. The highest BCUT2D eigenvalue weighted by Crippen LogP contribution is 2.15. The standard InChI is InChI=1S/C18H36BrCl/c1-2-3-4-5-6-7-8-9-10-11-12-13-14-15-16-18(19)17-20/h18H,2-17H2,1H3. The first-order valence-electron chi connectivity index (χ1n) is 9.01. The number of hydrogen-bond donors (Lipinski definition) is 0. The molecular formula is C18H36BrCl. The molecule has 0 fully saturated rings. The molecule has 0 aromatic rings. The van der Waals surface area contributed by atoms with Crippen LogP contribution in [0.15, 0.2) is 0 Å². The first-order valence-corrected chi connectivity index (χ1v) is 10.5. The monoisotopic (exact) mass is 366 g/mol. The number of halogens is 2. The number of alkyl halides is 2. The lowest BCUT2D eigenvalue weighted by atomic mass is 10.0. The molecule has 0 rings (SSSR count). The Morgan fingerprint density at radius 3 is 1.35 bits per heavy atom. The van der Waals surface area contributed by atoms with E-state index in [0.717, 1.165) is 5.88 Å². The molecule has 0 amide bonds. The third kappa shape index (κ3) is 16.8. The van der Waals surface area contributed by atoms with E-state index in [1.54, 1.807) is 0 Å². The smallest absolute Gasteiger partial charge is 0.0349 e. The van der Waals surface area contributed by atoms with E-state index in [1.807, 2.05) is 0 Å². The molecule has 1 unspecified atom stereocenters. The van der Waals surface area contributed by atoms with Crippen LogP contribution in [0.25, 0.3) is 0 Å². The maximum Gasteiger partial charge on any atom is 0.0349 e. The summed E-state index contributed by atoms with van der Waals surface area (Å²) in [6, 6.07) is 0. The Balaban J connectivity index is 2.96. The lowest BCUT2D eigenvalue weighted by molar-refractivity contribution is 0.532. The topological polar surface area (TPSA) is 0 Å². The minimum atomic E-state index is 0.529. The van der Waals surface area contributed by atoms with Crippen molar-refractivity contribution in [2.24, 2.45) is 0 Å². The Kier molecular flexibility index (Phi) is 18.5. The van der Waals surface area contributed by atoms with Crippen LogP contribution in [-0.2, 0) is 0 Å². The summed E-state index contributed by atoms with van der Waals surface area (Å²) in [7, 11) is 0. The molecule has 122 valence electrons. The SMILES string of the molecule is CCCCCCCCCCCCCCCCC(Br)CCl. The summed E-state index contributed by atoms with van der Waals surface area (Å²) in [6.45, 7) is 2.29. The van der Waals surface area contributed by atoms with Gasteiger partial charge < -0.3 is 0 Å². The molecule has 0 aliphatic heterocycles. The molecule has 1 atom stereocenters. The molecule has 0 saturated carbocycles. The van der Waals surface area contributed by atoms with Crippen LogP contribution in [0.2, 0.25) is 0 Å². The van der Waals surface area contributed by atoms with Crippen molar-refractivity contribution >= 4 is 27.5 Å². The fourth-order valence-corrected chi connectivity index (χ4v) is 3.12. The minimum absolute atomic E-state index is 0.529. The summed E-state index contributed by atoms with van der Waals surface area (Å²) >= 11 is 9.35. The summed E-state index contributed by atoms with van der Waals surface area (Å²) in [5.74, 6) is 0.748. The van der Waals surface area contributed by atoms with Crippen molar-refractivity contribution in [2.45, 2.75) is 108 Å². The Morgan fingerprint density at radius 2 is 1.00 bits per heavy atom. The molecule has 0 spiro atoms. The van der Waals surface area contributed by atoms with Gasteiger partial charge in [0.1, 0.15) is 0 Å². The fraction of sp³-hybridized carbons (Fsp3) is 1.00. The average molecular weight is 368 g/mol.